The smallest absolute Gasteiger partial charge is 0.275 e. The fourth-order valence-corrected chi connectivity index (χ4v) is 2.99. The second-order valence-electron chi connectivity index (χ2n) is 6.65. The number of hydrogen-bond acceptors (Lipinski definition) is 5. The molecule has 0 saturated heterocycles. The molecule has 8 nitrogen and oxygen atoms in total. The minimum atomic E-state index is -1.56. The van der Waals surface area contributed by atoms with E-state index in [0.29, 0.717) is 11.5 Å². The molecule has 0 bridgehead atoms. The van der Waals surface area contributed by atoms with Gasteiger partial charge in [-0.3, -0.25) is 19.6 Å². The van der Waals surface area contributed by atoms with E-state index < -0.39 is 23.8 Å². The van der Waals surface area contributed by atoms with Gasteiger partial charge in [0, 0.05) is 30.7 Å². The van der Waals surface area contributed by atoms with E-state index in [9.17, 15) is 14.4 Å². The predicted molar refractivity (Wildman–Crippen MR) is 104 cm³/mol. The Morgan fingerprint density at radius 3 is 2.45 bits per heavy atom. The summed E-state index contributed by atoms with van der Waals surface area (Å²) in [7, 11) is 1.31. The first-order valence-corrected chi connectivity index (χ1v) is 9.17. The van der Waals surface area contributed by atoms with Crippen LogP contribution in [-0.4, -0.2) is 47.7 Å². The van der Waals surface area contributed by atoms with E-state index in [1.807, 2.05) is 0 Å². The van der Waals surface area contributed by atoms with Crippen molar-refractivity contribution in [1.82, 2.24) is 16.1 Å². The maximum Gasteiger partial charge on any atom is 0.275 e. The van der Waals surface area contributed by atoms with Gasteiger partial charge in [0.05, 0.1) is 0 Å². The van der Waals surface area contributed by atoms with Gasteiger partial charge < -0.3 is 15.7 Å². The minimum Gasteiger partial charge on any atom is -0.396 e. The average Bonchev–Trinajstić information content (AvgIpc) is 3.22. The lowest BCUT2D eigenvalue weighted by Crippen LogP contribution is -2.54. The molecule has 5 N–H and O–H groups in total. The number of nitrogens with one attached hydrogen (secondary N) is 3. The van der Waals surface area contributed by atoms with Crippen LogP contribution in [0.25, 0.3) is 0 Å². The van der Waals surface area contributed by atoms with Crippen molar-refractivity contribution in [3.8, 4) is 23.7 Å². The lowest BCUT2D eigenvalue weighted by Gasteiger charge is -2.15. The first kappa shape index (κ1) is 22.0. The minimum absolute atomic E-state index is 0.207. The van der Waals surface area contributed by atoms with Gasteiger partial charge in [0.15, 0.2) is 6.04 Å². The van der Waals surface area contributed by atoms with Crippen LogP contribution in [0.2, 0.25) is 0 Å². The Morgan fingerprint density at radius 1 is 1.14 bits per heavy atom. The van der Waals surface area contributed by atoms with Crippen LogP contribution in [0.1, 0.15) is 35.2 Å². The van der Waals surface area contributed by atoms with Crippen molar-refractivity contribution in [2.24, 2.45) is 11.8 Å². The Labute approximate surface area is 169 Å². The lowest BCUT2D eigenvalue weighted by atomic mass is 10.1. The van der Waals surface area contributed by atoms with Crippen molar-refractivity contribution in [2.75, 3.05) is 13.7 Å². The van der Waals surface area contributed by atoms with Crippen molar-refractivity contribution in [3.05, 3.63) is 35.4 Å². The van der Waals surface area contributed by atoms with Crippen molar-refractivity contribution < 1.29 is 24.7 Å². The maximum atomic E-state index is 12.2. The summed E-state index contributed by atoms with van der Waals surface area (Å²) in [5, 5.41) is 22.3. The van der Waals surface area contributed by atoms with Gasteiger partial charge in [-0.05, 0) is 61.3 Å². The molecule has 0 aromatic heterocycles. The van der Waals surface area contributed by atoms with Gasteiger partial charge in [0.25, 0.3) is 17.7 Å². The summed E-state index contributed by atoms with van der Waals surface area (Å²) in [6.07, 6.45) is 2.88. The molecule has 1 saturated carbocycles. The van der Waals surface area contributed by atoms with E-state index in [4.69, 9.17) is 10.3 Å². The highest BCUT2D eigenvalue weighted by molar-refractivity contribution is 6.08. The Hall–Kier alpha value is -3.33. The van der Waals surface area contributed by atoms with Crippen LogP contribution >= 0.6 is 0 Å². The maximum absolute atomic E-state index is 12.2. The summed E-state index contributed by atoms with van der Waals surface area (Å²) in [5.41, 5.74) is 2.23. The molecule has 1 aliphatic carbocycles. The Morgan fingerprint density at radius 2 is 1.86 bits per heavy atom. The van der Waals surface area contributed by atoms with Gasteiger partial charge in [-0.15, -0.1) is 0 Å². The number of carbonyl (C=O) groups excluding carboxylic acids is 3. The number of benzene rings is 1. The highest BCUT2D eigenvalue weighted by Gasteiger charge is 2.27. The van der Waals surface area contributed by atoms with E-state index >= 15 is 0 Å². The quantitative estimate of drug-likeness (QED) is 0.203. The van der Waals surface area contributed by atoms with Gasteiger partial charge >= 0.3 is 0 Å². The number of hydrogen-bond donors (Lipinski definition) is 5. The monoisotopic (exact) mass is 397 g/mol. The molecule has 0 aliphatic heterocycles. The zero-order chi connectivity index (χ0) is 21.2. The Balaban J connectivity index is 1.97. The van der Waals surface area contributed by atoms with Gasteiger partial charge in [-0.2, -0.15) is 0 Å². The third-order valence-electron chi connectivity index (χ3n) is 4.65. The van der Waals surface area contributed by atoms with Crippen molar-refractivity contribution >= 4 is 17.7 Å². The highest BCUT2D eigenvalue weighted by Crippen LogP contribution is 2.29. The lowest BCUT2D eigenvalue weighted by molar-refractivity contribution is -0.137. The average molecular weight is 397 g/mol. The molecule has 8 heteroatoms. The first-order valence-electron chi connectivity index (χ1n) is 9.17. The van der Waals surface area contributed by atoms with Crippen LogP contribution in [-0.2, 0) is 9.59 Å². The third-order valence-corrected chi connectivity index (χ3v) is 4.65. The summed E-state index contributed by atoms with van der Waals surface area (Å²) in [5.74, 6) is 9.76. The summed E-state index contributed by atoms with van der Waals surface area (Å²) in [6.45, 7) is 0.207. The number of likely N-dealkylation sites (N-methyl/N-ethyl adjacent to an activating group) is 1. The molecule has 2 rings (SSSR count). The molecule has 1 aliphatic rings. The SMILES string of the molecule is CNC(=O)C(NC(=O)c1ccc(C#CC#CC2CCC(CO)C2)cc1)C(=O)NO. The normalized spacial score (nSPS) is 18.3. The molecular weight excluding hydrogens is 374 g/mol. The molecule has 3 amide bonds. The van der Waals surface area contributed by atoms with E-state index in [1.54, 1.807) is 12.1 Å². The topological polar surface area (TPSA) is 128 Å². The van der Waals surface area contributed by atoms with Crippen LogP contribution in [0.5, 0.6) is 0 Å². The number of aliphatic hydroxyl groups excluding tert-OH is 1. The Bertz CT molecular complexity index is 858. The van der Waals surface area contributed by atoms with Crippen LogP contribution in [0.15, 0.2) is 24.3 Å². The largest absolute Gasteiger partial charge is 0.396 e. The van der Waals surface area contributed by atoms with Crippen molar-refractivity contribution in [1.29, 1.82) is 0 Å². The van der Waals surface area contributed by atoms with E-state index in [-0.39, 0.29) is 18.1 Å². The summed E-state index contributed by atoms with van der Waals surface area (Å²) >= 11 is 0. The molecule has 1 aromatic rings. The van der Waals surface area contributed by atoms with Crippen LogP contribution in [0.4, 0.5) is 0 Å². The molecular formula is C21H23N3O5. The van der Waals surface area contributed by atoms with Crippen LogP contribution in [0, 0.1) is 35.5 Å². The molecule has 1 aromatic carbocycles. The number of carbonyl (C=O) groups is 3. The fraction of sp³-hybridized carbons (Fsp3) is 0.381. The molecule has 0 spiro atoms. The summed E-state index contributed by atoms with van der Waals surface area (Å²) in [6, 6.07) is 4.71. The molecule has 1 fully saturated rings. The molecule has 0 radical (unpaired) electrons. The van der Waals surface area contributed by atoms with Crippen LogP contribution < -0.4 is 16.1 Å². The van der Waals surface area contributed by atoms with Crippen molar-refractivity contribution in [2.45, 2.75) is 25.3 Å². The number of aliphatic hydroxyl groups is 1. The highest BCUT2D eigenvalue weighted by atomic mass is 16.5. The van der Waals surface area contributed by atoms with E-state index in [2.05, 4.69) is 34.3 Å². The predicted octanol–water partition coefficient (Wildman–Crippen LogP) is -0.200. The van der Waals surface area contributed by atoms with E-state index in [0.717, 1.165) is 19.3 Å². The van der Waals surface area contributed by atoms with E-state index in [1.165, 1.54) is 24.7 Å². The molecule has 3 unspecified atom stereocenters. The second kappa shape index (κ2) is 10.9. The van der Waals surface area contributed by atoms with Crippen molar-refractivity contribution in [3.63, 3.8) is 0 Å². The summed E-state index contributed by atoms with van der Waals surface area (Å²) in [4.78, 5) is 35.4. The molecule has 29 heavy (non-hydrogen) atoms. The molecule has 0 heterocycles. The zero-order valence-electron chi connectivity index (χ0n) is 16.0. The van der Waals surface area contributed by atoms with Crippen LogP contribution in [0.3, 0.4) is 0 Å². The van der Waals surface area contributed by atoms with Gasteiger partial charge in [-0.1, -0.05) is 11.8 Å². The first-order chi connectivity index (χ1) is 14.0. The molecule has 152 valence electrons. The van der Waals surface area contributed by atoms with Gasteiger partial charge in [0.1, 0.15) is 0 Å². The Kier molecular flexibility index (Phi) is 8.23. The summed E-state index contributed by atoms with van der Waals surface area (Å²) < 4.78 is 0. The number of amides is 3. The fourth-order valence-electron chi connectivity index (χ4n) is 2.99. The standard InChI is InChI=1S/C21H23N3O5/c1-22-20(27)18(21(28)24-29)23-19(26)17-10-8-14(9-11-17)4-2-3-5-15-6-7-16(12-15)13-25/h8-11,15-16,18,25,29H,6-7,12-13H2,1H3,(H,22,27)(H,23,26)(H,24,28). The number of hydroxylamine groups is 1. The van der Waals surface area contributed by atoms with Gasteiger partial charge in [0.2, 0.25) is 0 Å². The molecule has 3 atom stereocenters. The number of rotatable bonds is 5. The zero-order valence-corrected chi connectivity index (χ0v) is 16.0. The van der Waals surface area contributed by atoms with Gasteiger partial charge in [-0.25, -0.2) is 5.48 Å². The third kappa shape index (κ3) is 6.35. The second-order valence-corrected chi connectivity index (χ2v) is 6.65.